The van der Waals surface area contributed by atoms with Gasteiger partial charge in [-0.05, 0) is 71.1 Å². The molecule has 7 nitrogen and oxygen atoms in total. The summed E-state index contributed by atoms with van der Waals surface area (Å²) in [4.78, 5) is 34.8. The quantitative estimate of drug-likeness (QED) is 0.305. The van der Waals surface area contributed by atoms with Gasteiger partial charge in [-0.15, -0.1) is 5.06 Å². The SMILES string of the molecule is O=C(Nc1ccccn1)ON1CCc2cc(NC(=O)c3ccccc3-c3ccc(C(F)(F)F)cc3)ccc2C1. The highest BCUT2D eigenvalue weighted by atomic mass is 19.4. The monoisotopic (exact) mass is 532 g/mol. The molecular weight excluding hydrogens is 509 g/mol. The summed E-state index contributed by atoms with van der Waals surface area (Å²) in [5, 5.41) is 7.02. The van der Waals surface area contributed by atoms with Gasteiger partial charge in [0.2, 0.25) is 0 Å². The number of hydroxylamine groups is 2. The summed E-state index contributed by atoms with van der Waals surface area (Å²) in [5.41, 5.74) is 3.17. The zero-order chi connectivity index (χ0) is 27.4. The number of carbonyl (C=O) groups excluding carboxylic acids is 2. The Labute approximate surface area is 222 Å². The molecule has 1 aromatic heterocycles. The van der Waals surface area contributed by atoms with E-state index in [0.717, 1.165) is 23.3 Å². The molecule has 3 aromatic carbocycles. The van der Waals surface area contributed by atoms with Crippen molar-refractivity contribution in [2.24, 2.45) is 0 Å². The predicted molar refractivity (Wildman–Crippen MR) is 140 cm³/mol. The molecule has 0 aliphatic carbocycles. The van der Waals surface area contributed by atoms with E-state index in [1.807, 2.05) is 12.1 Å². The van der Waals surface area contributed by atoms with Crippen molar-refractivity contribution in [1.29, 1.82) is 0 Å². The minimum Gasteiger partial charge on any atom is -0.350 e. The Morgan fingerprint density at radius 2 is 1.64 bits per heavy atom. The predicted octanol–water partition coefficient (Wildman–Crippen LogP) is 6.54. The first-order chi connectivity index (χ1) is 18.8. The summed E-state index contributed by atoms with van der Waals surface area (Å²) in [6, 6.07) is 22.1. The van der Waals surface area contributed by atoms with Gasteiger partial charge in [0.05, 0.1) is 12.1 Å². The Kier molecular flexibility index (Phi) is 7.29. The van der Waals surface area contributed by atoms with Crippen LogP contribution in [0.1, 0.15) is 27.0 Å². The maximum atomic E-state index is 13.2. The van der Waals surface area contributed by atoms with Crippen molar-refractivity contribution in [3.8, 4) is 11.1 Å². The number of carbonyl (C=O) groups is 2. The third-order valence-corrected chi connectivity index (χ3v) is 6.24. The lowest BCUT2D eigenvalue weighted by atomic mass is 9.97. The van der Waals surface area contributed by atoms with Crippen LogP contribution in [0.4, 0.5) is 29.5 Å². The van der Waals surface area contributed by atoms with Gasteiger partial charge in [-0.2, -0.15) is 13.2 Å². The van der Waals surface area contributed by atoms with Crippen LogP contribution in [-0.4, -0.2) is 28.6 Å². The molecule has 0 atom stereocenters. The summed E-state index contributed by atoms with van der Waals surface area (Å²) < 4.78 is 38.9. The first kappa shape index (κ1) is 25.9. The number of alkyl halides is 3. The third kappa shape index (κ3) is 6.24. The average molecular weight is 533 g/mol. The van der Waals surface area contributed by atoms with Crippen molar-refractivity contribution in [2.45, 2.75) is 19.1 Å². The van der Waals surface area contributed by atoms with Crippen LogP contribution in [-0.2, 0) is 24.0 Å². The van der Waals surface area contributed by atoms with Crippen molar-refractivity contribution in [3.63, 3.8) is 0 Å². The highest BCUT2D eigenvalue weighted by molar-refractivity contribution is 6.08. The van der Waals surface area contributed by atoms with Crippen LogP contribution in [0.3, 0.4) is 0 Å². The molecule has 2 heterocycles. The lowest BCUT2D eigenvalue weighted by Gasteiger charge is -2.27. The Morgan fingerprint density at radius 3 is 2.38 bits per heavy atom. The van der Waals surface area contributed by atoms with E-state index in [2.05, 4.69) is 15.6 Å². The van der Waals surface area contributed by atoms with Crippen molar-refractivity contribution in [3.05, 3.63) is 113 Å². The zero-order valence-corrected chi connectivity index (χ0v) is 20.5. The van der Waals surface area contributed by atoms with Crippen LogP contribution in [0.2, 0.25) is 0 Å². The fourth-order valence-corrected chi connectivity index (χ4v) is 4.33. The number of pyridine rings is 1. The van der Waals surface area contributed by atoms with E-state index in [-0.39, 0.29) is 5.91 Å². The summed E-state index contributed by atoms with van der Waals surface area (Å²) in [6.07, 6.45) is -2.90. The molecule has 1 aliphatic heterocycles. The van der Waals surface area contributed by atoms with Gasteiger partial charge in [0.25, 0.3) is 5.91 Å². The first-order valence-electron chi connectivity index (χ1n) is 12.1. The van der Waals surface area contributed by atoms with E-state index in [1.54, 1.807) is 59.8 Å². The molecule has 0 radical (unpaired) electrons. The average Bonchev–Trinajstić information content (AvgIpc) is 2.93. The van der Waals surface area contributed by atoms with E-state index in [1.165, 1.54) is 12.1 Å². The molecule has 1 aliphatic rings. The second-order valence-corrected chi connectivity index (χ2v) is 8.89. The van der Waals surface area contributed by atoms with Gasteiger partial charge in [-0.3, -0.25) is 10.1 Å². The number of fused-ring (bicyclic) bond motifs is 1. The van der Waals surface area contributed by atoms with E-state index in [9.17, 15) is 22.8 Å². The Balaban J connectivity index is 1.24. The zero-order valence-electron chi connectivity index (χ0n) is 20.5. The lowest BCUT2D eigenvalue weighted by molar-refractivity contribution is -0.137. The van der Waals surface area contributed by atoms with E-state index in [0.29, 0.717) is 47.7 Å². The molecule has 198 valence electrons. The molecule has 0 unspecified atom stereocenters. The summed E-state index contributed by atoms with van der Waals surface area (Å²) >= 11 is 0. The third-order valence-electron chi connectivity index (χ3n) is 6.24. The standard InChI is InChI=1S/C29H23F3N4O3/c30-29(31,32)22-11-8-19(9-12-22)24-5-1-2-6-25(24)27(37)34-23-13-10-21-18-36(16-14-20(21)17-23)39-28(38)35-26-7-3-4-15-33-26/h1-13,15,17H,14,16,18H2,(H,34,37)(H,33,35,38). The first-order valence-corrected chi connectivity index (χ1v) is 12.1. The molecule has 0 bridgehead atoms. The van der Waals surface area contributed by atoms with Crippen LogP contribution in [0.5, 0.6) is 0 Å². The molecule has 39 heavy (non-hydrogen) atoms. The van der Waals surface area contributed by atoms with Crippen molar-refractivity contribution in [1.82, 2.24) is 10.0 Å². The van der Waals surface area contributed by atoms with Crippen molar-refractivity contribution >= 4 is 23.5 Å². The highest BCUT2D eigenvalue weighted by Crippen LogP contribution is 2.32. The summed E-state index contributed by atoms with van der Waals surface area (Å²) in [6.45, 7) is 0.854. The summed E-state index contributed by atoms with van der Waals surface area (Å²) in [5.74, 6) is 0.0117. The number of hydrogen-bond acceptors (Lipinski definition) is 5. The topological polar surface area (TPSA) is 83.6 Å². The lowest BCUT2D eigenvalue weighted by Crippen LogP contribution is -2.34. The molecule has 0 fully saturated rings. The van der Waals surface area contributed by atoms with Crippen LogP contribution < -0.4 is 10.6 Å². The summed E-state index contributed by atoms with van der Waals surface area (Å²) in [7, 11) is 0. The number of halogens is 3. The molecule has 5 rings (SSSR count). The van der Waals surface area contributed by atoms with Gasteiger partial charge in [-0.25, -0.2) is 9.78 Å². The fraction of sp³-hybridized carbons (Fsp3) is 0.138. The number of rotatable bonds is 5. The van der Waals surface area contributed by atoms with Crippen LogP contribution in [0, 0.1) is 0 Å². The van der Waals surface area contributed by atoms with Gasteiger partial charge < -0.3 is 10.2 Å². The normalized spacial score (nSPS) is 13.3. The molecule has 0 saturated carbocycles. The van der Waals surface area contributed by atoms with Crippen molar-refractivity contribution in [2.75, 3.05) is 17.2 Å². The number of nitrogens with one attached hydrogen (secondary N) is 2. The number of nitrogens with zero attached hydrogens (tertiary/aromatic N) is 2. The van der Waals surface area contributed by atoms with Gasteiger partial charge in [0.15, 0.2) is 0 Å². The second kappa shape index (κ2) is 11.0. The smallest absolute Gasteiger partial charge is 0.350 e. The fourth-order valence-electron chi connectivity index (χ4n) is 4.33. The van der Waals surface area contributed by atoms with Crippen LogP contribution in [0.15, 0.2) is 91.1 Å². The number of anilines is 2. The maximum absolute atomic E-state index is 13.2. The van der Waals surface area contributed by atoms with Gasteiger partial charge in [0.1, 0.15) is 5.82 Å². The van der Waals surface area contributed by atoms with Crippen LogP contribution >= 0.6 is 0 Å². The van der Waals surface area contributed by atoms with Crippen LogP contribution in [0.25, 0.3) is 11.1 Å². The van der Waals surface area contributed by atoms with E-state index >= 15 is 0 Å². The second-order valence-electron chi connectivity index (χ2n) is 8.89. The molecule has 0 saturated heterocycles. The molecule has 2 amide bonds. The number of hydrogen-bond donors (Lipinski definition) is 2. The molecular formula is C29H23F3N4O3. The molecule has 2 N–H and O–H groups in total. The van der Waals surface area contributed by atoms with Crippen molar-refractivity contribution < 1.29 is 27.6 Å². The number of benzene rings is 3. The number of amides is 2. The molecule has 4 aromatic rings. The molecule has 10 heteroatoms. The van der Waals surface area contributed by atoms with E-state index < -0.39 is 17.8 Å². The Bertz CT molecular complexity index is 1490. The van der Waals surface area contributed by atoms with Gasteiger partial charge in [0, 0.05) is 24.0 Å². The highest BCUT2D eigenvalue weighted by Gasteiger charge is 2.30. The minimum absolute atomic E-state index is 0.341. The van der Waals surface area contributed by atoms with Gasteiger partial charge >= 0.3 is 12.3 Å². The minimum atomic E-state index is -4.43. The largest absolute Gasteiger partial charge is 0.431 e. The molecule has 0 spiro atoms. The maximum Gasteiger partial charge on any atom is 0.431 e. The Hall–Kier alpha value is -4.70. The Morgan fingerprint density at radius 1 is 0.872 bits per heavy atom. The van der Waals surface area contributed by atoms with Gasteiger partial charge in [-0.1, -0.05) is 42.5 Å². The van der Waals surface area contributed by atoms with E-state index in [4.69, 9.17) is 4.84 Å². The number of aromatic nitrogens is 1.